The molecular weight excluding hydrogens is 298 g/mol. The van der Waals surface area contributed by atoms with E-state index in [1.807, 2.05) is 18.2 Å². The smallest absolute Gasteiger partial charge is 0.265 e. The molecular formula is C13H17NO6S. The zero-order valence-electron chi connectivity index (χ0n) is 11.4. The van der Waals surface area contributed by atoms with E-state index < -0.39 is 40.9 Å². The Morgan fingerprint density at radius 3 is 2.48 bits per heavy atom. The summed E-state index contributed by atoms with van der Waals surface area (Å²) in [7, 11) is -3.83. The second-order valence-electron chi connectivity index (χ2n) is 4.91. The van der Waals surface area contributed by atoms with Gasteiger partial charge in [0.1, 0.15) is 6.10 Å². The topological polar surface area (TPSA) is 104 Å². The van der Waals surface area contributed by atoms with Crippen molar-refractivity contribution in [1.29, 1.82) is 0 Å². The van der Waals surface area contributed by atoms with Crippen LogP contribution in [0.15, 0.2) is 30.3 Å². The van der Waals surface area contributed by atoms with E-state index in [0.717, 1.165) is 11.8 Å². The lowest BCUT2D eigenvalue weighted by Crippen LogP contribution is -2.70. The fourth-order valence-electron chi connectivity index (χ4n) is 2.31. The third kappa shape index (κ3) is 3.59. The zero-order valence-corrected chi connectivity index (χ0v) is 12.2. The maximum Gasteiger partial charge on any atom is 0.265 e. The highest BCUT2D eigenvalue weighted by Gasteiger charge is 2.53. The molecule has 7 nitrogen and oxygen atoms in total. The lowest BCUT2D eigenvalue weighted by atomic mass is 9.92. The minimum atomic E-state index is -3.83. The summed E-state index contributed by atoms with van der Waals surface area (Å²) in [6.45, 7) is -0.377. The third-order valence-electron chi connectivity index (χ3n) is 3.25. The maximum absolute atomic E-state index is 12.0. The number of carbonyl (C=O) groups excluding carboxylic acids is 1. The Bertz CT molecular complexity index is 602. The van der Waals surface area contributed by atoms with Gasteiger partial charge in [0.05, 0.1) is 18.9 Å². The van der Waals surface area contributed by atoms with E-state index in [9.17, 15) is 18.3 Å². The van der Waals surface area contributed by atoms with E-state index in [0.29, 0.717) is 0 Å². The van der Waals surface area contributed by atoms with Crippen LogP contribution in [0, 0.1) is 0 Å². The first kappa shape index (κ1) is 15.9. The number of carbonyl (C=O) groups is 1. The standard InChI is InChI=1S/C13H17NO6S/c1-21(18,19)20-12-11(10(16)8-15)14(13(12)17)7-9-5-3-2-4-6-9/h2-6,10-12,15-16H,7-8H2,1H3/t10-,11+,12-/m1/s1. The summed E-state index contributed by atoms with van der Waals surface area (Å²) in [5.41, 5.74) is 0.832. The van der Waals surface area contributed by atoms with Gasteiger partial charge in [-0.2, -0.15) is 8.42 Å². The molecule has 0 aromatic heterocycles. The molecule has 1 fully saturated rings. The number of hydrogen-bond acceptors (Lipinski definition) is 6. The average Bonchev–Trinajstić information content (AvgIpc) is 2.44. The van der Waals surface area contributed by atoms with Crippen molar-refractivity contribution in [3.8, 4) is 0 Å². The van der Waals surface area contributed by atoms with Crippen molar-refractivity contribution in [1.82, 2.24) is 4.90 Å². The number of hydrogen-bond donors (Lipinski definition) is 2. The summed E-state index contributed by atoms with van der Waals surface area (Å²) < 4.78 is 27.0. The summed E-state index contributed by atoms with van der Waals surface area (Å²) >= 11 is 0. The first-order chi connectivity index (χ1) is 9.83. The molecule has 0 bridgehead atoms. The Morgan fingerprint density at radius 1 is 1.33 bits per heavy atom. The molecule has 0 aliphatic carbocycles. The first-order valence-electron chi connectivity index (χ1n) is 6.35. The number of rotatable bonds is 6. The van der Waals surface area contributed by atoms with Crippen molar-refractivity contribution in [3.05, 3.63) is 35.9 Å². The fourth-order valence-corrected chi connectivity index (χ4v) is 2.88. The van der Waals surface area contributed by atoms with Crippen LogP contribution in [-0.4, -0.2) is 60.6 Å². The third-order valence-corrected chi connectivity index (χ3v) is 3.81. The number of likely N-dealkylation sites (tertiary alicyclic amines) is 1. The highest BCUT2D eigenvalue weighted by molar-refractivity contribution is 7.86. The normalized spacial score (nSPS) is 23.8. The molecule has 2 rings (SSSR count). The van der Waals surface area contributed by atoms with Gasteiger partial charge >= 0.3 is 0 Å². The monoisotopic (exact) mass is 315 g/mol. The molecule has 1 saturated heterocycles. The van der Waals surface area contributed by atoms with Crippen molar-refractivity contribution < 1.29 is 27.6 Å². The summed E-state index contributed by atoms with van der Waals surface area (Å²) in [6.07, 6.45) is -1.72. The molecule has 1 heterocycles. The molecule has 1 aliphatic heterocycles. The van der Waals surface area contributed by atoms with Crippen LogP contribution in [0.1, 0.15) is 5.56 Å². The minimum Gasteiger partial charge on any atom is -0.394 e. The molecule has 1 aliphatic rings. The van der Waals surface area contributed by atoms with Gasteiger partial charge in [-0.05, 0) is 5.56 Å². The predicted octanol–water partition coefficient (Wildman–Crippen LogP) is -0.905. The second kappa shape index (κ2) is 6.10. The van der Waals surface area contributed by atoms with Crippen molar-refractivity contribution >= 4 is 16.0 Å². The molecule has 0 radical (unpaired) electrons. The lowest BCUT2D eigenvalue weighted by molar-refractivity contribution is -0.175. The van der Waals surface area contributed by atoms with E-state index in [4.69, 9.17) is 9.29 Å². The van der Waals surface area contributed by atoms with Gasteiger partial charge in [-0.3, -0.25) is 8.98 Å². The summed E-state index contributed by atoms with van der Waals surface area (Å²) in [5.74, 6) is -0.526. The van der Waals surface area contributed by atoms with Crippen LogP contribution >= 0.6 is 0 Å². The van der Waals surface area contributed by atoms with E-state index in [2.05, 4.69) is 0 Å². The zero-order chi connectivity index (χ0) is 15.6. The Labute approximate surface area is 122 Å². The lowest BCUT2D eigenvalue weighted by Gasteiger charge is -2.47. The molecule has 0 unspecified atom stereocenters. The summed E-state index contributed by atoms with van der Waals surface area (Å²) in [5, 5.41) is 18.9. The Balaban J connectivity index is 2.16. The van der Waals surface area contributed by atoms with Gasteiger partial charge in [-0.1, -0.05) is 30.3 Å². The van der Waals surface area contributed by atoms with Crippen molar-refractivity contribution in [2.24, 2.45) is 0 Å². The Kier molecular flexibility index (Phi) is 4.62. The van der Waals surface area contributed by atoms with E-state index in [-0.39, 0.29) is 6.54 Å². The number of aliphatic hydroxyl groups excluding tert-OH is 2. The molecule has 116 valence electrons. The number of nitrogens with zero attached hydrogens (tertiary/aromatic N) is 1. The molecule has 1 aromatic rings. The molecule has 0 spiro atoms. The van der Waals surface area contributed by atoms with E-state index >= 15 is 0 Å². The van der Waals surface area contributed by atoms with Gasteiger partial charge in [0.2, 0.25) is 0 Å². The van der Waals surface area contributed by atoms with Crippen molar-refractivity contribution in [2.75, 3.05) is 12.9 Å². The molecule has 2 N–H and O–H groups in total. The maximum atomic E-state index is 12.0. The predicted molar refractivity (Wildman–Crippen MR) is 73.6 cm³/mol. The summed E-state index contributed by atoms with van der Waals surface area (Å²) in [6, 6.07) is 8.17. The largest absolute Gasteiger partial charge is 0.394 e. The molecule has 3 atom stereocenters. The molecule has 1 amide bonds. The van der Waals surface area contributed by atoms with Crippen LogP contribution in [0.2, 0.25) is 0 Å². The van der Waals surface area contributed by atoms with Gasteiger partial charge in [-0.25, -0.2) is 0 Å². The molecule has 8 heteroatoms. The van der Waals surface area contributed by atoms with Gasteiger partial charge < -0.3 is 15.1 Å². The van der Waals surface area contributed by atoms with E-state index in [1.54, 1.807) is 12.1 Å². The molecule has 21 heavy (non-hydrogen) atoms. The number of benzene rings is 1. The molecule has 1 aromatic carbocycles. The Morgan fingerprint density at radius 2 is 1.95 bits per heavy atom. The van der Waals surface area contributed by atoms with Gasteiger partial charge in [-0.15, -0.1) is 0 Å². The number of aliphatic hydroxyl groups is 2. The summed E-state index contributed by atoms with van der Waals surface area (Å²) in [4.78, 5) is 13.3. The van der Waals surface area contributed by atoms with Crippen LogP contribution in [0.5, 0.6) is 0 Å². The van der Waals surface area contributed by atoms with Crippen LogP contribution < -0.4 is 0 Å². The minimum absolute atomic E-state index is 0.213. The van der Waals surface area contributed by atoms with Crippen molar-refractivity contribution in [2.45, 2.75) is 24.8 Å². The van der Waals surface area contributed by atoms with Crippen LogP contribution in [-0.2, 0) is 25.6 Å². The van der Waals surface area contributed by atoms with Crippen LogP contribution in [0.3, 0.4) is 0 Å². The Hall–Kier alpha value is -1.48. The average molecular weight is 315 g/mol. The van der Waals surface area contributed by atoms with Crippen LogP contribution in [0.4, 0.5) is 0 Å². The van der Waals surface area contributed by atoms with Crippen molar-refractivity contribution in [3.63, 3.8) is 0 Å². The van der Waals surface area contributed by atoms with E-state index in [1.165, 1.54) is 4.90 Å². The fraction of sp³-hybridized carbons (Fsp3) is 0.462. The van der Waals surface area contributed by atoms with Gasteiger partial charge in [0.25, 0.3) is 16.0 Å². The second-order valence-corrected chi connectivity index (χ2v) is 6.51. The SMILES string of the molecule is CS(=O)(=O)O[C@H]1C(=O)N(Cc2ccccc2)[C@H]1[C@H](O)CO. The molecule has 0 saturated carbocycles. The number of β-lactam (4-membered cyclic amide) rings is 1. The van der Waals surface area contributed by atoms with Gasteiger partial charge in [0, 0.05) is 6.54 Å². The first-order valence-corrected chi connectivity index (χ1v) is 8.16. The van der Waals surface area contributed by atoms with Gasteiger partial charge in [0.15, 0.2) is 6.10 Å². The highest BCUT2D eigenvalue weighted by Crippen LogP contribution is 2.29. The highest BCUT2D eigenvalue weighted by atomic mass is 32.2. The quantitative estimate of drug-likeness (QED) is 0.520. The van der Waals surface area contributed by atoms with Crippen LogP contribution in [0.25, 0.3) is 0 Å². The number of amides is 1.